The first-order valence-corrected chi connectivity index (χ1v) is 6.14. The molecular formula is C12H14ClNO5. The number of nitro benzene ring substituents is 1. The summed E-state index contributed by atoms with van der Waals surface area (Å²) in [6.45, 7) is 1.90. The van der Waals surface area contributed by atoms with Crippen LogP contribution in [0.3, 0.4) is 0 Å². The summed E-state index contributed by atoms with van der Waals surface area (Å²) in [5.41, 5.74) is -0.245. The van der Waals surface area contributed by atoms with Crippen LogP contribution in [0.4, 0.5) is 5.69 Å². The molecule has 0 saturated carbocycles. The second-order valence-corrected chi connectivity index (χ2v) is 4.17. The SMILES string of the molecule is CCCCOC(=O)COc1cc(Cl)ccc1[N+](=O)[O-]. The van der Waals surface area contributed by atoms with Crippen molar-refractivity contribution in [2.45, 2.75) is 19.8 Å². The molecule has 0 aromatic heterocycles. The molecule has 1 aromatic rings. The average Bonchev–Trinajstić information content (AvgIpc) is 2.36. The lowest BCUT2D eigenvalue weighted by Gasteiger charge is -2.07. The predicted octanol–water partition coefficient (Wildman–Crippen LogP) is 2.97. The van der Waals surface area contributed by atoms with E-state index in [2.05, 4.69) is 0 Å². The van der Waals surface area contributed by atoms with Gasteiger partial charge in [0.05, 0.1) is 11.5 Å². The summed E-state index contributed by atoms with van der Waals surface area (Å²) >= 11 is 5.72. The van der Waals surface area contributed by atoms with Gasteiger partial charge in [-0.25, -0.2) is 4.79 Å². The Bertz CT molecular complexity index is 463. The van der Waals surface area contributed by atoms with Crippen LogP contribution in [0.25, 0.3) is 0 Å². The largest absolute Gasteiger partial charge is 0.475 e. The van der Waals surface area contributed by atoms with Gasteiger partial charge in [0, 0.05) is 17.2 Å². The maximum atomic E-state index is 11.3. The maximum Gasteiger partial charge on any atom is 0.344 e. The lowest BCUT2D eigenvalue weighted by Crippen LogP contribution is -2.15. The minimum absolute atomic E-state index is 0.0510. The van der Waals surface area contributed by atoms with Crippen LogP contribution >= 0.6 is 11.6 Å². The number of halogens is 1. The number of unbranched alkanes of at least 4 members (excludes halogenated alkanes) is 1. The Labute approximate surface area is 115 Å². The lowest BCUT2D eigenvalue weighted by molar-refractivity contribution is -0.385. The molecule has 0 bridgehead atoms. The van der Waals surface area contributed by atoms with Crippen molar-refractivity contribution >= 4 is 23.3 Å². The number of nitro groups is 1. The van der Waals surface area contributed by atoms with E-state index in [1.807, 2.05) is 6.92 Å². The maximum absolute atomic E-state index is 11.3. The van der Waals surface area contributed by atoms with Crippen LogP contribution in [0, 0.1) is 10.1 Å². The number of nitrogens with zero attached hydrogens (tertiary/aromatic N) is 1. The van der Waals surface area contributed by atoms with Gasteiger partial charge in [-0.15, -0.1) is 0 Å². The number of benzene rings is 1. The number of esters is 1. The number of carbonyl (C=O) groups is 1. The van der Waals surface area contributed by atoms with Crippen molar-refractivity contribution in [3.8, 4) is 5.75 Å². The third-order valence-corrected chi connectivity index (χ3v) is 2.46. The van der Waals surface area contributed by atoms with Gasteiger partial charge in [-0.2, -0.15) is 0 Å². The molecule has 6 nitrogen and oxygen atoms in total. The van der Waals surface area contributed by atoms with E-state index in [1.165, 1.54) is 18.2 Å². The van der Waals surface area contributed by atoms with Gasteiger partial charge in [-0.05, 0) is 12.5 Å². The molecule has 0 atom stereocenters. The Morgan fingerprint density at radius 3 is 2.84 bits per heavy atom. The molecule has 0 aliphatic carbocycles. The summed E-state index contributed by atoms with van der Waals surface area (Å²) in [6.07, 6.45) is 1.68. The zero-order chi connectivity index (χ0) is 14.3. The van der Waals surface area contributed by atoms with Gasteiger partial charge >= 0.3 is 11.7 Å². The number of hydrogen-bond acceptors (Lipinski definition) is 5. The molecule has 0 amide bonds. The van der Waals surface area contributed by atoms with Crippen LogP contribution < -0.4 is 4.74 Å². The highest BCUT2D eigenvalue weighted by Crippen LogP contribution is 2.29. The Kier molecular flexibility index (Phi) is 6.08. The highest BCUT2D eigenvalue weighted by atomic mass is 35.5. The number of hydrogen-bond donors (Lipinski definition) is 0. The lowest BCUT2D eigenvalue weighted by atomic mass is 10.3. The van der Waals surface area contributed by atoms with Crippen LogP contribution in [0.15, 0.2) is 18.2 Å². The van der Waals surface area contributed by atoms with Gasteiger partial charge in [0.25, 0.3) is 0 Å². The molecule has 0 heterocycles. The third kappa shape index (κ3) is 5.13. The number of ether oxygens (including phenoxy) is 2. The monoisotopic (exact) mass is 287 g/mol. The van der Waals surface area contributed by atoms with Gasteiger partial charge in [-0.3, -0.25) is 10.1 Å². The summed E-state index contributed by atoms with van der Waals surface area (Å²) in [5, 5.41) is 11.0. The van der Waals surface area contributed by atoms with Crippen molar-refractivity contribution in [1.29, 1.82) is 0 Å². The summed E-state index contributed by atoms with van der Waals surface area (Å²) in [7, 11) is 0. The predicted molar refractivity (Wildman–Crippen MR) is 69.5 cm³/mol. The fourth-order valence-electron chi connectivity index (χ4n) is 1.26. The van der Waals surface area contributed by atoms with E-state index < -0.39 is 10.9 Å². The molecule has 0 saturated heterocycles. The molecule has 0 fully saturated rings. The third-order valence-electron chi connectivity index (χ3n) is 2.23. The molecule has 7 heteroatoms. The van der Waals surface area contributed by atoms with E-state index in [-0.39, 0.29) is 18.0 Å². The van der Waals surface area contributed by atoms with Gasteiger partial charge in [0.15, 0.2) is 12.4 Å². The number of rotatable bonds is 7. The first-order chi connectivity index (χ1) is 9.04. The van der Waals surface area contributed by atoms with E-state index in [9.17, 15) is 14.9 Å². The quantitative estimate of drug-likeness (QED) is 0.333. The van der Waals surface area contributed by atoms with Crippen molar-refractivity contribution in [3.05, 3.63) is 33.3 Å². The zero-order valence-electron chi connectivity index (χ0n) is 10.4. The smallest absolute Gasteiger partial charge is 0.344 e. The standard InChI is InChI=1S/C12H14ClNO5/c1-2-3-6-18-12(15)8-19-11-7-9(13)4-5-10(11)14(16)17/h4-5,7H,2-3,6,8H2,1H3. The van der Waals surface area contributed by atoms with E-state index >= 15 is 0 Å². The van der Waals surface area contributed by atoms with Gasteiger partial charge in [0.1, 0.15) is 0 Å². The first-order valence-electron chi connectivity index (χ1n) is 5.77. The molecule has 1 aromatic carbocycles. The summed E-state index contributed by atoms with van der Waals surface area (Å²) in [4.78, 5) is 21.5. The highest BCUT2D eigenvalue weighted by Gasteiger charge is 2.16. The van der Waals surface area contributed by atoms with Crippen LogP contribution in [0.5, 0.6) is 5.75 Å². The molecule has 0 N–H and O–H groups in total. The topological polar surface area (TPSA) is 78.7 Å². The molecule has 19 heavy (non-hydrogen) atoms. The molecule has 0 spiro atoms. The second-order valence-electron chi connectivity index (χ2n) is 3.73. The Morgan fingerprint density at radius 2 is 2.21 bits per heavy atom. The summed E-state index contributed by atoms with van der Waals surface area (Å²) in [5.74, 6) is -0.618. The van der Waals surface area contributed by atoms with Crippen LogP contribution in [0.1, 0.15) is 19.8 Å². The van der Waals surface area contributed by atoms with Crippen molar-refractivity contribution in [2.75, 3.05) is 13.2 Å². The van der Waals surface area contributed by atoms with Gasteiger partial charge < -0.3 is 9.47 Å². The second kappa shape index (κ2) is 7.58. The minimum Gasteiger partial charge on any atom is -0.475 e. The van der Waals surface area contributed by atoms with Crippen LogP contribution in [-0.4, -0.2) is 24.1 Å². The fourth-order valence-corrected chi connectivity index (χ4v) is 1.43. The molecule has 104 valence electrons. The molecular weight excluding hydrogens is 274 g/mol. The molecule has 1 rings (SSSR count). The van der Waals surface area contributed by atoms with Crippen molar-refractivity contribution in [3.63, 3.8) is 0 Å². The van der Waals surface area contributed by atoms with E-state index in [0.29, 0.717) is 11.6 Å². The van der Waals surface area contributed by atoms with E-state index in [1.54, 1.807) is 0 Å². The van der Waals surface area contributed by atoms with Crippen LogP contribution in [-0.2, 0) is 9.53 Å². The summed E-state index contributed by atoms with van der Waals surface area (Å²) in [6, 6.07) is 3.89. The van der Waals surface area contributed by atoms with Gasteiger partial charge in [-0.1, -0.05) is 24.9 Å². The average molecular weight is 288 g/mol. The van der Waals surface area contributed by atoms with E-state index in [0.717, 1.165) is 12.8 Å². The number of carbonyl (C=O) groups excluding carboxylic acids is 1. The fraction of sp³-hybridized carbons (Fsp3) is 0.417. The van der Waals surface area contributed by atoms with Gasteiger partial charge in [0.2, 0.25) is 0 Å². The van der Waals surface area contributed by atoms with Crippen molar-refractivity contribution < 1.29 is 19.2 Å². The highest BCUT2D eigenvalue weighted by molar-refractivity contribution is 6.30. The zero-order valence-corrected chi connectivity index (χ0v) is 11.2. The summed E-state index contributed by atoms with van der Waals surface area (Å²) < 4.78 is 9.94. The van der Waals surface area contributed by atoms with Crippen molar-refractivity contribution in [2.24, 2.45) is 0 Å². The van der Waals surface area contributed by atoms with E-state index in [4.69, 9.17) is 21.1 Å². The Balaban J connectivity index is 2.59. The Hall–Kier alpha value is -1.82. The molecule has 0 aliphatic rings. The minimum atomic E-state index is -0.603. The molecule has 0 unspecified atom stereocenters. The van der Waals surface area contributed by atoms with Crippen molar-refractivity contribution in [1.82, 2.24) is 0 Å². The molecule has 0 aliphatic heterocycles. The normalized spacial score (nSPS) is 10.0. The Morgan fingerprint density at radius 1 is 1.47 bits per heavy atom. The molecule has 0 radical (unpaired) electrons. The first kappa shape index (κ1) is 15.2. The van der Waals surface area contributed by atoms with Crippen LogP contribution in [0.2, 0.25) is 5.02 Å².